The average Bonchev–Trinajstić information content (AvgIpc) is 2.36. The molecule has 0 aromatic heterocycles. The number of rotatable bonds is 4. The predicted molar refractivity (Wildman–Crippen MR) is 80.8 cm³/mol. The van der Waals surface area contributed by atoms with Crippen molar-refractivity contribution in [2.75, 3.05) is 11.9 Å². The van der Waals surface area contributed by atoms with Gasteiger partial charge in [-0.05, 0) is 31.5 Å². The molecule has 1 unspecified atom stereocenters. The van der Waals surface area contributed by atoms with E-state index in [1.807, 2.05) is 24.3 Å². The first-order valence-electron chi connectivity index (χ1n) is 6.30. The van der Waals surface area contributed by atoms with E-state index in [-0.39, 0.29) is 12.6 Å². The van der Waals surface area contributed by atoms with E-state index in [1.54, 1.807) is 0 Å². The van der Waals surface area contributed by atoms with Gasteiger partial charge in [0.2, 0.25) is 0 Å². The number of nitrogens with one attached hydrogen (secondary N) is 1. The van der Waals surface area contributed by atoms with Crippen molar-refractivity contribution in [1.29, 1.82) is 0 Å². The van der Waals surface area contributed by atoms with Gasteiger partial charge in [-0.25, -0.2) is 0 Å². The summed E-state index contributed by atoms with van der Waals surface area (Å²) in [6, 6.07) is 13.7. The first kappa shape index (κ1) is 13.9. The molecule has 0 aliphatic rings. The van der Waals surface area contributed by atoms with Gasteiger partial charge < -0.3 is 10.4 Å². The van der Waals surface area contributed by atoms with Crippen LogP contribution in [0, 0.1) is 13.8 Å². The minimum atomic E-state index is -0.154. The van der Waals surface area contributed by atoms with Crippen molar-refractivity contribution in [3.63, 3.8) is 0 Å². The molecule has 0 saturated carbocycles. The van der Waals surface area contributed by atoms with Crippen LogP contribution in [0.1, 0.15) is 22.7 Å². The number of para-hydroxylation sites is 1. The average molecular weight is 276 g/mol. The lowest BCUT2D eigenvalue weighted by molar-refractivity contribution is 0.276. The standard InChI is InChI=1S/C16H18ClNO/c1-11-7-12(2)9-13(8-11)16(10-19)18-15-6-4-3-5-14(15)17/h3-9,16,18-19H,10H2,1-2H3. The van der Waals surface area contributed by atoms with Crippen molar-refractivity contribution in [1.82, 2.24) is 0 Å². The number of aliphatic hydroxyl groups is 1. The highest BCUT2D eigenvalue weighted by molar-refractivity contribution is 6.33. The van der Waals surface area contributed by atoms with Gasteiger partial charge in [0.05, 0.1) is 23.4 Å². The largest absolute Gasteiger partial charge is 0.394 e. The highest BCUT2D eigenvalue weighted by Gasteiger charge is 2.12. The molecule has 0 aliphatic heterocycles. The molecule has 3 heteroatoms. The summed E-state index contributed by atoms with van der Waals surface area (Å²) in [6.07, 6.45) is 0. The maximum Gasteiger partial charge on any atom is 0.0745 e. The molecular weight excluding hydrogens is 258 g/mol. The van der Waals surface area contributed by atoms with Gasteiger partial charge in [-0.3, -0.25) is 0 Å². The van der Waals surface area contributed by atoms with Crippen LogP contribution < -0.4 is 5.32 Å². The fourth-order valence-corrected chi connectivity index (χ4v) is 2.40. The second-order valence-electron chi connectivity index (χ2n) is 4.78. The van der Waals surface area contributed by atoms with Crippen LogP contribution in [0.5, 0.6) is 0 Å². The number of hydrogen-bond donors (Lipinski definition) is 2. The molecule has 2 N–H and O–H groups in total. The van der Waals surface area contributed by atoms with Gasteiger partial charge in [-0.1, -0.05) is 53.1 Å². The monoisotopic (exact) mass is 275 g/mol. The van der Waals surface area contributed by atoms with Crippen LogP contribution in [-0.2, 0) is 0 Å². The Balaban J connectivity index is 2.28. The minimum absolute atomic E-state index is 0.0219. The Morgan fingerprint density at radius 3 is 2.32 bits per heavy atom. The highest BCUT2D eigenvalue weighted by Crippen LogP contribution is 2.26. The molecule has 1 atom stereocenters. The topological polar surface area (TPSA) is 32.3 Å². The zero-order valence-electron chi connectivity index (χ0n) is 11.2. The van der Waals surface area contributed by atoms with Crippen LogP contribution in [-0.4, -0.2) is 11.7 Å². The molecular formula is C16H18ClNO. The summed E-state index contributed by atoms with van der Waals surface area (Å²) >= 11 is 6.13. The molecule has 2 nitrogen and oxygen atoms in total. The first-order chi connectivity index (χ1) is 9.10. The van der Waals surface area contributed by atoms with Gasteiger partial charge in [-0.2, -0.15) is 0 Å². The van der Waals surface area contributed by atoms with Crippen molar-refractivity contribution in [2.24, 2.45) is 0 Å². The third-order valence-electron chi connectivity index (χ3n) is 3.03. The Labute approximate surface area is 119 Å². The third-order valence-corrected chi connectivity index (χ3v) is 3.36. The van der Waals surface area contributed by atoms with E-state index in [0.29, 0.717) is 5.02 Å². The lowest BCUT2D eigenvalue weighted by atomic mass is 10.0. The van der Waals surface area contributed by atoms with Crippen LogP contribution in [0.4, 0.5) is 5.69 Å². The molecule has 19 heavy (non-hydrogen) atoms. The van der Waals surface area contributed by atoms with Crippen molar-refractivity contribution in [3.05, 3.63) is 64.2 Å². The summed E-state index contributed by atoms with van der Waals surface area (Å²) in [6.45, 7) is 4.13. The summed E-state index contributed by atoms with van der Waals surface area (Å²) in [5.74, 6) is 0. The summed E-state index contributed by atoms with van der Waals surface area (Å²) in [5.41, 5.74) is 4.28. The van der Waals surface area contributed by atoms with Crippen LogP contribution in [0.2, 0.25) is 5.02 Å². The molecule has 2 rings (SSSR count). The van der Waals surface area contributed by atoms with Crippen LogP contribution in [0.3, 0.4) is 0 Å². The Bertz CT molecular complexity index is 548. The smallest absolute Gasteiger partial charge is 0.0745 e. The van der Waals surface area contributed by atoms with Crippen molar-refractivity contribution in [3.8, 4) is 0 Å². The van der Waals surface area contributed by atoms with Gasteiger partial charge in [0.15, 0.2) is 0 Å². The van der Waals surface area contributed by atoms with Gasteiger partial charge in [0.25, 0.3) is 0 Å². The van der Waals surface area contributed by atoms with Crippen molar-refractivity contribution < 1.29 is 5.11 Å². The van der Waals surface area contributed by atoms with E-state index in [9.17, 15) is 5.11 Å². The molecule has 0 spiro atoms. The lowest BCUT2D eigenvalue weighted by Crippen LogP contribution is -2.15. The zero-order valence-corrected chi connectivity index (χ0v) is 11.9. The zero-order chi connectivity index (χ0) is 13.8. The predicted octanol–water partition coefficient (Wildman–Crippen LogP) is 4.10. The normalized spacial score (nSPS) is 12.2. The van der Waals surface area contributed by atoms with Gasteiger partial charge in [-0.15, -0.1) is 0 Å². The van der Waals surface area contributed by atoms with Crippen LogP contribution in [0.25, 0.3) is 0 Å². The fraction of sp³-hybridized carbons (Fsp3) is 0.250. The van der Waals surface area contributed by atoms with E-state index in [4.69, 9.17) is 11.6 Å². The van der Waals surface area contributed by atoms with Crippen LogP contribution in [0.15, 0.2) is 42.5 Å². The number of aryl methyl sites for hydroxylation is 2. The fourth-order valence-electron chi connectivity index (χ4n) is 2.21. The van der Waals surface area contributed by atoms with Crippen molar-refractivity contribution in [2.45, 2.75) is 19.9 Å². The molecule has 2 aromatic rings. The molecule has 0 fully saturated rings. The summed E-state index contributed by atoms with van der Waals surface area (Å²) < 4.78 is 0. The highest BCUT2D eigenvalue weighted by atomic mass is 35.5. The summed E-state index contributed by atoms with van der Waals surface area (Å²) in [4.78, 5) is 0. The molecule has 0 saturated heterocycles. The third kappa shape index (κ3) is 3.49. The Morgan fingerprint density at radius 1 is 1.11 bits per heavy atom. The van der Waals surface area contributed by atoms with Crippen LogP contribution >= 0.6 is 11.6 Å². The SMILES string of the molecule is Cc1cc(C)cc(C(CO)Nc2ccccc2Cl)c1. The van der Waals surface area contributed by atoms with E-state index in [0.717, 1.165) is 11.3 Å². The first-order valence-corrected chi connectivity index (χ1v) is 6.68. The van der Waals surface area contributed by atoms with Crippen molar-refractivity contribution >= 4 is 17.3 Å². The Morgan fingerprint density at radius 2 is 1.74 bits per heavy atom. The minimum Gasteiger partial charge on any atom is -0.394 e. The lowest BCUT2D eigenvalue weighted by Gasteiger charge is -2.20. The molecule has 0 heterocycles. The molecule has 0 aliphatic carbocycles. The Kier molecular flexibility index (Phi) is 4.46. The molecule has 2 aromatic carbocycles. The molecule has 0 radical (unpaired) electrons. The van der Waals surface area contributed by atoms with E-state index < -0.39 is 0 Å². The molecule has 0 bridgehead atoms. The number of hydrogen-bond acceptors (Lipinski definition) is 2. The number of halogens is 1. The number of aliphatic hydroxyl groups excluding tert-OH is 1. The van der Waals surface area contributed by atoms with Gasteiger partial charge in [0, 0.05) is 0 Å². The quantitative estimate of drug-likeness (QED) is 0.880. The van der Waals surface area contributed by atoms with E-state index in [2.05, 4.69) is 37.4 Å². The Hall–Kier alpha value is -1.51. The van der Waals surface area contributed by atoms with Gasteiger partial charge >= 0.3 is 0 Å². The number of anilines is 1. The van der Waals surface area contributed by atoms with Gasteiger partial charge in [0.1, 0.15) is 0 Å². The maximum atomic E-state index is 9.61. The van der Waals surface area contributed by atoms with E-state index in [1.165, 1.54) is 11.1 Å². The maximum absolute atomic E-state index is 9.61. The van der Waals surface area contributed by atoms with E-state index >= 15 is 0 Å². The second-order valence-corrected chi connectivity index (χ2v) is 5.19. The summed E-state index contributed by atoms with van der Waals surface area (Å²) in [7, 11) is 0. The second kappa shape index (κ2) is 6.09. The summed E-state index contributed by atoms with van der Waals surface area (Å²) in [5, 5.41) is 13.6. The number of benzene rings is 2. The molecule has 0 amide bonds. The molecule has 100 valence electrons.